The molecular weight excluding hydrogens is 330 g/mol. The van der Waals surface area contributed by atoms with E-state index in [1.165, 1.54) is 5.69 Å². The van der Waals surface area contributed by atoms with E-state index in [0.29, 0.717) is 25.5 Å². The first-order valence-corrected chi connectivity index (χ1v) is 8.96. The van der Waals surface area contributed by atoms with Crippen molar-refractivity contribution in [2.24, 2.45) is 7.05 Å². The molecule has 3 aromatic rings. The van der Waals surface area contributed by atoms with E-state index in [2.05, 4.69) is 4.98 Å². The monoisotopic (exact) mass is 353 g/mol. The van der Waals surface area contributed by atoms with Crippen LogP contribution >= 0.6 is 0 Å². The van der Waals surface area contributed by atoms with Gasteiger partial charge < -0.3 is 18.6 Å². The Labute approximate surface area is 152 Å². The minimum Gasteiger partial charge on any atom is -0.451 e. The SMILES string of the molecule is CCOC[C@@H]1Cc2c(ncn2C)CN1C(=O)c1oc2ccccc2c1C. The number of carbonyl (C=O) groups is 1. The summed E-state index contributed by atoms with van der Waals surface area (Å²) in [6, 6.07) is 7.72. The molecule has 136 valence electrons. The summed E-state index contributed by atoms with van der Waals surface area (Å²) in [4.78, 5) is 19.6. The molecule has 0 saturated heterocycles. The fourth-order valence-corrected chi connectivity index (χ4v) is 3.67. The minimum absolute atomic E-state index is 0.0297. The number of nitrogens with zero attached hydrogens (tertiary/aromatic N) is 3. The van der Waals surface area contributed by atoms with Crippen LogP contribution in [0.15, 0.2) is 35.0 Å². The summed E-state index contributed by atoms with van der Waals surface area (Å²) in [5.74, 6) is 0.312. The predicted molar refractivity (Wildman–Crippen MR) is 98.0 cm³/mol. The van der Waals surface area contributed by atoms with Gasteiger partial charge in [-0.2, -0.15) is 0 Å². The van der Waals surface area contributed by atoms with Crippen molar-refractivity contribution in [1.82, 2.24) is 14.5 Å². The van der Waals surface area contributed by atoms with Crippen LogP contribution in [-0.2, 0) is 24.8 Å². The lowest BCUT2D eigenvalue weighted by atomic mass is 10.0. The molecule has 6 heteroatoms. The Morgan fingerprint density at radius 2 is 2.19 bits per heavy atom. The van der Waals surface area contributed by atoms with Crippen LogP contribution in [0.1, 0.15) is 34.4 Å². The molecule has 0 aliphatic carbocycles. The van der Waals surface area contributed by atoms with Gasteiger partial charge in [0.25, 0.3) is 5.91 Å². The summed E-state index contributed by atoms with van der Waals surface area (Å²) in [5, 5.41) is 0.979. The second kappa shape index (κ2) is 6.61. The first-order chi connectivity index (χ1) is 12.6. The van der Waals surface area contributed by atoms with Crippen molar-refractivity contribution < 1.29 is 13.9 Å². The van der Waals surface area contributed by atoms with Crippen LogP contribution in [0.3, 0.4) is 0 Å². The van der Waals surface area contributed by atoms with Gasteiger partial charge in [-0.25, -0.2) is 4.98 Å². The number of para-hydroxylation sites is 1. The predicted octanol–water partition coefficient (Wildman–Crippen LogP) is 3.08. The highest BCUT2D eigenvalue weighted by molar-refractivity contribution is 5.99. The summed E-state index contributed by atoms with van der Waals surface area (Å²) in [6.45, 7) is 5.51. The lowest BCUT2D eigenvalue weighted by Crippen LogP contribution is -2.47. The van der Waals surface area contributed by atoms with Crippen LogP contribution in [0.25, 0.3) is 11.0 Å². The van der Waals surface area contributed by atoms with Crippen molar-refractivity contribution in [2.45, 2.75) is 32.9 Å². The van der Waals surface area contributed by atoms with Gasteiger partial charge in [0.15, 0.2) is 5.76 Å². The summed E-state index contributed by atoms with van der Waals surface area (Å²) >= 11 is 0. The molecule has 1 amide bonds. The number of furan rings is 1. The number of aromatic nitrogens is 2. The van der Waals surface area contributed by atoms with Gasteiger partial charge in [0.2, 0.25) is 0 Å². The number of hydrogen-bond acceptors (Lipinski definition) is 4. The van der Waals surface area contributed by atoms with Gasteiger partial charge in [-0.15, -0.1) is 0 Å². The molecule has 4 rings (SSSR count). The third kappa shape index (κ3) is 2.70. The zero-order chi connectivity index (χ0) is 18.3. The van der Waals surface area contributed by atoms with Gasteiger partial charge in [-0.1, -0.05) is 18.2 Å². The average molecular weight is 353 g/mol. The number of imidazole rings is 1. The third-order valence-corrected chi connectivity index (χ3v) is 5.15. The highest BCUT2D eigenvalue weighted by atomic mass is 16.5. The number of hydrogen-bond donors (Lipinski definition) is 0. The molecule has 26 heavy (non-hydrogen) atoms. The molecule has 0 saturated carbocycles. The van der Waals surface area contributed by atoms with Crippen molar-refractivity contribution >= 4 is 16.9 Å². The maximum atomic E-state index is 13.3. The zero-order valence-electron chi connectivity index (χ0n) is 15.4. The Hall–Kier alpha value is -2.60. The molecule has 1 aromatic carbocycles. The van der Waals surface area contributed by atoms with E-state index >= 15 is 0 Å². The maximum absolute atomic E-state index is 13.3. The van der Waals surface area contributed by atoms with Crippen LogP contribution < -0.4 is 0 Å². The smallest absolute Gasteiger partial charge is 0.290 e. The Bertz CT molecular complexity index is 957. The molecule has 1 aliphatic rings. The van der Waals surface area contributed by atoms with Crippen LogP contribution in [-0.4, -0.2) is 39.6 Å². The standard InChI is InChI=1S/C20H23N3O3/c1-4-25-11-14-9-17-16(21-12-22(17)3)10-23(14)20(24)19-13(2)15-7-5-6-8-18(15)26-19/h5-8,12,14H,4,9-11H2,1-3H3/t14-/m0/s1. The van der Waals surface area contributed by atoms with Gasteiger partial charge in [0.05, 0.1) is 31.2 Å². The zero-order valence-corrected chi connectivity index (χ0v) is 15.4. The average Bonchev–Trinajstić information content (AvgIpc) is 3.19. The number of fused-ring (bicyclic) bond motifs is 2. The number of benzene rings is 1. The summed E-state index contributed by atoms with van der Waals surface area (Å²) < 4.78 is 13.6. The van der Waals surface area contributed by atoms with Gasteiger partial charge >= 0.3 is 0 Å². The van der Waals surface area contributed by atoms with E-state index in [-0.39, 0.29) is 11.9 Å². The molecule has 2 aromatic heterocycles. The Kier molecular flexibility index (Phi) is 4.28. The molecule has 1 aliphatic heterocycles. The topological polar surface area (TPSA) is 60.5 Å². The number of rotatable bonds is 4. The summed E-state index contributed by atoms with van der Waals surface area (Å²) in [7, 11) is 1.99. The van der Waals surface area contributed by atoms with Crippen molar-refractivity contribution in [2.75, 3.05) is 13.2 Å². The molecule has 0 fully saturated rings. The lowest BCUT2D eigenvalue weighted by Gasteiger charge is -2.35. The fraction of sp³-hybridized carbons (Fsp3) is 0.400. The number of carbonyl (C=O) groups excluding carboxylic acids is 1. The molecule has 0 unspecified atom stereocenters. The lowest BCUT2D eigenvalue weighted by molar-refractivity contribution is 0.0364. The first-order valence-electron chi connectivity index (χ1n) is 8.96. The minimum atomic E-state index is -0.0975. The quantitative estimate of drug-likeness (QED) is 0.723. The van der Waals surface area contributed by atoms with E-state index < -0.39 is 0 Å². The molecule has 0 spiro atoms. The number of ether oxygens (including phenoxy) is 1. The van der Waals surface area contributed by atoms with Crippen molar-refractivity contribution in [3.8, 4) is 0 Å². The summed E-state index contributed by atoms with van der Waals surface area (Å²) in [5.41, 5.74) is 3.74. The first kappa shape index (κ1) is 16.8. The summed E-state index contributed by atoms with van der Waals surface area (Å²) in [6.07, 6.45) is 2.54. The van der Waals surface area contributed by atoms with Gasteiger partial charge in [0, 0.05) is 36.7 Å². The third-order valence-electron chi connectivity index (χ3n) is 5.15. The second-order valence-electron chi connectivity index (χ2n) is 6.75. The molecule has 0 bridgehead atoms. The normalized spacial score (nSPS) is 16.9. The van der Waals surface area contributed by atoms with E-state index in [4.69, 9.17) is 9.15 Å². The maximum Gasteiger partial charge on any atom is 0.290 e. The fourth-order valence-electron chi connectivity index (χ4n) is 3.67. The van der Waals surface area contributed by atoms with E-state index in [1.807, 2.05) is 61.0 Å². The largest absolute Gasteiger partial charge is 0.451 e. The van der Waals surface area contributed by atoms with Crippen LogP contribution in [0.5, 0.6) is 0 Å². The highest BCUT2D eigenvalue weighted by Gasteiger charge is 2.35. The number of aryl methyl sites for hydroxylation is 2. The van der Waals surface area contributed by atoms with E-state index in [1.54, 1.807) is 0 Å². The number of amides is 1. The van der Waals surface area contributed by atoms with Gasteiger partial charge in [-0.3, -0.25) is 4.79 Å². The molecule has 1 atom stereocenters. The molecular formula is C20H23N3O3. The second-order valence-corrected chi connectivity index (χ2v) is 6.75. The molecule has 0 N–H and O–H groups in total. The van der Waals surface area contributed by atoms with Crippen molar-refractivity contribution in [3.63, 3.8) is 0 Å². The Morgan fingerprint density at radius 3 is 2.96 bits per heavy atom. The van der Waals surface area contributed by atoms with Crippen LogP contribution in [0, 0.1) is 6.92 Å². The van der Waals surface area contributed by atoms with Crippen LogP contribution in [0.2, 0.25) is 0 Å². The van der Waals surface area contributed by atoms with Gasteiger partial charge in [0.1, 0.15) is 5.58 Å². The Morgan fingerprint density at radius 1 is 1.38 bits per heavy atom. The molecule has 0 radical (unpaired) electrons. The van der Waals surface area contributed by atoms with Gasteiger partial charge in [-0.05, 0) is 19.9 Å². The highest BCUT2D eigenvalue weighted by Crippen LogP contribution is 2.29. The Balaban J connectivity index is 1.70. The van der Waals surface area contributed by atoms with Crippen LogP contribution in [0.4, 0.5) is 0 Å². The van der Waals surface area contributed by atoms with Crippen molar-refractivity contribution in [1.29, 1.82) is 0 Å². The van der Waals surface area contributed by atoms with E-state index in [9.17, 15) is 4.79 Å². The molecule has 3 heterocycles. The van der Waals surface area contributed by atoms with E-state index in [0.717, 1.165) is 28.6 Å². The van der Waals surface area contributed by atoms with Crippen molar-refractivity contribution in [3.05, 3.63) is 53.3 Å². The molecule has 6 nitrogen and oxygen atoms in total.